The monoisotopic (exact) mass is 255 g/mol. The molecule has 4 nitrogen and oxygen atoms in total. The van der Waals surface area contributed by atoms with Gasteiger partial charge in [-0.3, -0.25) is 9.69 Å². The van der Waals surface area contributed by atoms with E-state index in [0.29, 0.717) is 0 Å². The van der Waals surface area contributed by atoms with E-state index < -0.39 is 0 Å². The Balaban J connectivity index is 2.43. The van der Waals surface area contributed by atoms with Gasteiger partial charge in [-0.2, -0.15) is 0 Å². The fourth-order valence-electron chi connectivity index (χ4n) is 2.08. The summed E-state index contributed by atoms with van der Waals surface area (Å²) >= 11 is 0. The summed E-state index contributed by atoms with van der Waals surface area (Å²) < 4.78 is 0. The van der Waals surface area contributed by atoms with Crippen molar-refractivity contribution in [2.24, 2.45) is 10.8 Å². The van der Waals surface area contributed by atoms with E-state index in [-0.39, 0.29) is 16.7 Å². The van der Waals surface area contributed by atoms with Crippen molar-refractivity contribution in [3.05, 3.63) is 0 Å². The molecule has 0 aromatic rings. The molecule has 0 unspecified atom stereocenters. The summed E-state index contributed by atoms with van der Waals surface area (Å²) in [5, 5.41) is 6.40. The highest BCUT2D eigenvalue weighted by molar-refractivity contribution is 5.82. The van der Waals surface area contributed by atoms with Crippen LogP contribution < -0.4 is 10.6 Å². The average molecular weight is 255 g/mol. The topological polar surface area (TPSA) is 44.4 Å². The number of carbonyl (C=O) groups is 1. The Morgan fingerprint density at radius 3 is 2.22 bits per heavy atom. The van der Waals surface area contributed by atoms with E-state index in [1.54, 1.807) is 0 Å². The summed E-state index contributed by atoms with van der Waals surface area (Å²) in [6, 6.07) is 0. The fraction of sp³-hybridized carbons (Fsp3) is 0.929. The average Bonchev–Trinajstić information content (AvgIpc) is 2.25. The van der Waals surface area contributed by atoms with Crippen LogP contribution in [0.3, 0.4) is 0 Å². The predicted molar refractivity (Wildman–Crippen MR) is 75.6 cm³/mol. The van der Waals surface area contributed by atoms with Crippen LogP contribution in [0, 0.1) is 10.8 Å². The van der Waals surface area contributed by atoms with E-state index in [0.717, 1.165) is 39.3 Å². The van der Waals surface area contributed by atoms with Gasteiger partial charge in [-0.1, -0.05) is 20.8 Å². The van der Waals surface area contributed by atoms with Crippen LogP contribution in [0.1, 0.15) is 34.6 Å². The zero-order valence-electron chi connectivity index (χ0n) is 12.6. The molecule has 2 N–H and O–H groups in total. The van der Waals surface area contributed by atoms with Crippen LogP contribution in [0.25, 0.3) is 0 Å². The molecule has 1 saturated heterocycles. The van der Waals surface area contributed by atoms with E-state index in [1.807, 2.05) is 13.8 Å². The Labute approximate surface area is 111 Å². The van der Waals surface area contributed by atoms with Crippen LogP contribution in [0.4, 0.5) is 0 Å². The molecule has 0 aromatic carbocycles. The fourth-order valence-corrected chi connectivity index (χ4v) is 2.08. The number of nitrogens with zero attached hydrogens (tertiary/aromatic N) is 1. The van der Waals surface area contributed by atoms with Crippen molar-refractivity contribution in [3.8, 4) is 0 Å². The van der Waals surface area contributed by atoms with Crippen molar-refractivity contribution in [3.63, 3.8) is 0 Å². The van der Waals surface area contributed by atoms with Crippen LogP contribution in [-0.2, 0) is 4.79 Å². The molecule has 0 spiro atoms. The first-order valence-electron chi connectivity index (χ1n) is 6.92. The van der Waals surface area contributed by atoms with Crippen molar-refractivity contribution in [1.82, 2.24) is 15.5 Å². The van der Waals surface area contributed by atoms with Crippen LogP contribution in [-0.4, -0.2) is 50.1 Å². The van der Waals surface area contributed by atoms with Gasteiger partial charge >= 0.3 is 0 Å². The zero-order valence-corrected chi connectivity index (χ0v) is 12.6. The summed E-state index contributed by atoms with van der Waals surface area (Å²) in [7, 11) is 0. The molecular weight excluding hydrogens is 226 g/mol. The minimum atomic E-state index is -0.317. The lowest BCUT2D eigenvalue weighted by Crippen LogP contribution is -2.51. The van der Waals surface area contributed by atoms with Gasteiger partial charge in [0.25, 0.3) is 0 Å². The molecule has 1 heterocycles. The molecule has 0 aromatic heterocycles. The van der Waals surface area contributed by atoms with Gasteiger partial charge in [0.15, 0.2) is 0 Å². The Bertz CT molecular complexity index is 275. The molecule has 0 radical (unpaired) electrons. The van der Waals surface area contributed by atoms with E-state index in [2.05, 4.69) is 36.3 Å². The molecule has 1 amide bonds. The number of carbonyl (C=O) groups excluding carboxylic acids is 1. The van der Waals surface area contributed by atoms with E-state index >= 15 is 0 Å². The first-order chi connectivity index (χ1) is 8.21. The van der Waals surface area contributed by atoms with Crippen molar-refractivity contribution >= 4 is 5.91 Å². The standard InChI is InChI=1S/C14H29N3O/c1-13(2,3)10-16-12(18)14(4,5)11-17-8-6-15-7-9-17/h15H,6-11H2,1-5H3,(H,16,18). The highest BCUT2D eigenvalue weighted by atomic mass is 16.2. The number of piperazine rings is 1. The van der Waals surface area contributed by atoms with Gasteiger partial charge in [0, 0.05) is 39.3 Å². The summed E-state index contributed by atoms with van der Waals surface area (Å²) in [5.41, 5.74) is -0.177. The Kier molecular flexibility index (Phi) is 5.17. The van der Waals surface area contributed by atoms with Crippen molar-refractivity contribution < 1.29 is 4.79 Å². The molecule has 18 heavy (non-hydrogen) atoms. The highest BCUT2D eigenvalue weighted by Gasteiger charge is 2.31. The first-order valence-corrected chi connectivity index (χ1v) is 6.92. The molecule has 4 heteroatoms. The van der Waals surface area contributed by atoms with Gasteiger partial charge in [0.1, 0.15) is 0 Å². The van der Waals surface area contributed by atoms with Gasteiger partial charge in [-0.15, -0.1) is 0 Å². The second-order valence-electron chi connectivity index (χ2n) is 7.15. The molecular formula is C14H29N3O. The number of hydrogen-bond donors (Lipinski definition) is 2. The number of nitrogens with one attached hydrogen (secondary N) is 2. The maximum Gasteiger partial charge on any atom is 0.226 e. The van der Waals surface area contributed by atoms with Crippen LogP contribution in [0.5, 0.6) is 0 Å². The van der Waals surface area contributed by atoms with Crippen molar-refractivity contribution in [1.29, 1.82) is 0 Å². The summed E-state index contributed by atoms with van der Waals surface area (Å²) in [6.07, 6.45) is 0. The summed E-state index contributed by atoms with van der Waals surface area (Å²) in [5.74, 6) is 0.163. The van der Waals surface area contributed by atoms with Gasteiger partial charge in [0.2, 0.25) is 5.91 Å². The molecule has 0 saturated carbocycles. The van der Waals surface area contributed by atoms with Crippen LogP contribution >= 0.6 is 0 Å². The maximum atomic E-state index is 12.2. The molecule has 106 valence electrons. The summed E-state index contributed by atoms with van der Waals surface area (Å²) in [6.45, 7) is 16.2. The lowest BCUT2D eigenvalue weighted by Gasteiger charge is -2.34. The van der Waals surface area contributed by atoms with Gasteiger partial charge in [-0.25, -0.2) is 0 Å². The molecule has 0 bridgehead atoms. The third kappa shape index (κ3) is 5.36. The van der Waals surface area contributed by atoms with Gasteiger partial charge in [-0.05, 0) is 19.3 Å². The van der Waals surface area contributed by atoms with E-state index in [4.69, 9.17) is 0 Å². The normalized spacial score (nSPS) is 18.7. The Hall–Kier alpha value is -0.610. The van der Waals surface area contributed by atoms with Crippen molar-refractivity contribution in [2.75, 3.05) is 39.3 Å². The smallest absolute Gasteiger partial charge is 0.226 e. The second-order valence-corrected chi connectivity index (χ2v) is 7.15. The highest BCUT2D eigenvalue weighted by Crippen LogP contribution is 2.19. The SMILES string of the molecule is CC(C)(C)CNC(=O)C(C)(C)CN1CCNCC1. The van der Waals surface area contributed by atoms with Crippen LogP contribution in [0.15, 0.2) is 0 Å². The van der Waals surface area contributed by atoms with Gasteiger partial charge < -0.3 is 10.6 Å². The van der Waals surface area contributed by atoms with Crippen molar-refractivity contribution in [2.45, 2.75) is 34.6 Å². The number of amides is 1. The molecule has 0 atom stereocenters. The number of hydrogen-bond acceptors (Lipinski definition) is 3. The predicted octanol–water partition coefficient (Wildman–Crippen LogP) is 1.08. The molecule has 0 aliphatic carbocycles. The third-order valence-corrected chi connectivity index (χ3v) is 3.22. The Morgan fingerprint density at radius 1 is 1.17 bits per heavy atom. The van der Waals surface area contributed by atoms with E-state index in [9.17, 15) is 4.79 Å². The van der Waals surface area contributed by atoms with E-state index in [1.165, 1.54) is 0 Å². The molecule has 1 rings (SSSR count). The van der Waals surface area contributed by atoms with Crippen LogP contribution in [0.2, 0.25) is 0 Å². The third-order valence-electron chi connectivity index (χ3n) is 3.22. The number of rotatable bonds is 4. The zero-order chi connectivity index (χ0) is 13.8. The molecule has 1 fully saturated rings. The first kappa shape index (κ1) is 15.4. The lowest BCUT2D eigenvalue weighted by molar-refractivity contribution is -0.130. The summed E-state index contributed by atoms with van der Waals surface area (Å²) in [4.78, 5) is 14.6. The van der Waals surface area contributed by atoms with Gasteiger partial charge in [0.05, 0.1) is 5.41 Å². The molecule has 1 aliphatic rings. The Morgan fingerprint density at radius 2 is 1.72 bits per heavy atom. The quantitative estimate of drug-likeness (QED) is 0.790. The minimum absolute atomic E-state index is 0.140. The lowest BCUT2D eigenvalue weighted by atomic mass is 9.90. The molecule has 1 aliphatic heterocycles. The maximum absolute atomic E-state index is 12.2. The second kappa shape index (κ2) is 6.02. The largest absolute Gasteiger partial charge is 0.355 e. The minimum Gasteiger partial charge on any atom is -0.355 e.